The summed E-state index contributed by atoms with van der Waals surface area (Å²) in [6.07, 6.45) is -18.0. The fraction of sp³-hybridized carbons (Fsp3) is 0.538. The lowest BCUT2D eigenvalue weighted by molar-refractivity contribution is -0.336. The van der Waals surface area contributed by atoms with E-state index in [1.165, 1.54) is 6.07 Å². The van der Waals surface area contributed by atoms with Crippen LogP contribution in [0.4, 0.5) is 26.3 Å². The van der Waals surface area contributed by atoms with Crippen LogP contribution in [0.5, 0.6) is 0 Å². The summed E-state index contributed by atoms with van der Waals surface area (Å²) in [4.78, 5) is 0. The lowest BCUT2D eigenvalue weighted by atomic mass is 9.87. The highest BCUT2D eigenvalue weighted by atomic mass is 19.4. The molecular weight excluding hydrogens is 302 g/mol. The summed E-state index contributed by atoms with van der Waals surface area (Å²) in [6.45, 7) is 0. The largest absolute Gasteiger partial charge is 0.423 e. The molecular formula is C13H12F6O2. The molecule has 0 amide bonds. The average molecular weight is 314 g/mol. The first-order chi connectivity index (χ1) is 9.60. The molecule has 1 aliphatic carbocycles. The number of rotatable bonds is 2. The van der Waals surface area contributed by atoms with Gasteiger partial charge in [-0.1, -0.05) is 24.3 Å². The number of hydrogen-bond acceptors (Lipinski definition) is 2. The maximum Gasteiger partial charge on any atom is 0.423 e. The molecule has 0 spiro atoms. The summed E-state index contributed by atoms with van der Waals surface area (Å²) < 4.78 is 79.0. The Labute approximate surface area is 116 Å². The van der Waals surface area contributed by atoms with Gasteiger partial charge in [-0.25, -0.2) is 0 Å². The second-order valence-corrected chi connectivity index (χ2v) is 4.82. The van der Waals surface area contributed by atoms with Crippen LogP contribution in [0.25, 0.3) is 0 Å². The van der Waals surface area contributed by atoms with Crippen molar-refractivity contribution in [2.24, 2.45) is 0 Å². The molecule has 1 aromatic carbocycles. The Kier molecular flexibility index (Phi) is 4.21. The highest BCUT2D eigenvalue weighted by molar-refractivity contribution is 5.32. The Hall–Kier alpha value is -1.28. The lowest BCUT2D eigenvalue weighted by Crippen LogP contribution is -2.48. The SMILES string of the molecule is OC1c2ccccc2CCC1OC(C(F)(F)F)C(F)(F)F. The molecule has 2 atom stereocenters. The quantitative estimate of drug-likeness (QED) is 0.846. The normalized spacial score (nSPS) is 23.2. The van der Waals surface area contributed by atoms with E-state index in [1.54, 1.807) is 18.2 Å². The summed E-state index contributed by atoms with van der Waals surface area (Å²) in [5.41, 5.74) is 0.997. The number of alkyl halides is 6. The summed E-state index contributed by atoms with van der Waals surface area (Å²) in [5.74, 6) is 0. The number of aryl methyl sites for hydroxylation is 1. The number of hydrogen-bond donors (Lipinski definition) is 1. The Morgan fingerprint density at radius 1 is 1.05 bits per heavy atom. The second-order valence-electron chi connectivity index (χ2n) is 4.82. The van der Waals surface area contributed by atoms with Crippen molar-refractivity contribution in [3.05, 3.63) is 35.4 Å². The fourth-order valence-corrected chi connectivity index (χ4v) is 2.36. The first kappa shape index (κ1) is 16.1. The molecule has 2 rings (SSSR count). The van der Waals surface area contributed by atoms with Crippen molar-refractivity contribution >= 4 is 0 Å². The first-order valence-corrected chi connectivity index (χ1v) is 6.15. The standard InChI is InChI=1S/C13H12F6O2/c14-12(15,16)11(13(17,18)19)21-9-6-5-7-3-1-2-4-8(7)10(9)20/h1-4,9-11,20H,5-6H2. The van der Waals surface area contributed by atoms with Gasteiger partial charge in [0.25, 0.3) is 0 Å². The van der Waals surface area contributed by atoms with E-state index in [1.807, 2.05) is 0 Å². The van der Waals surface area contributed by atoms with E-state index in [2.05, 4.69) is 4.74 Å². The molecule has 0 saturated heterocycles. The van der Waals surface area contributed by atoms with E-state index in [-0.39, 0.29) is 12.8 Å². The third kappa shape index (κ3) is 3.49. The van der Waals surface area contributed by atoms with Crippen LogP contribution in [0.1, 0.15) is 23.7 Å². The molecule has 0 aromatic heterocycles. The molecule has 0 fully saturated rings. The molecule has 21 heavy (non-hydrogen) atoms. The Morgan fingerprint density at radius 3 is 2.19 bits per heavy atom. The zero-order chi connectivity index (χ0) is 15.8. The van der Waals surface area contributed by atoms with Gasteiger partial charge in [0.2, 0.25) is 6.10 Å². The van der Waals surface area contributed by atoms with Crippen molar-refractivity contribution in [2.75, 3.05) is 0 Å². The Morgan fingerprint density at radius 2 is 1.62 bits per heavy atom. The van der Waals surface area contributed by atoms with E-state index >= 15 is 0 Å². The summed E-state index contributed by atoms with van der Waals surface area (Å²) in [7, 11) is 0. The lowest BCUT2D eigenvalue weighted by Gasteiger charge is -2.34. The van der Waals surface area contributed by atoms with Crippen molar-refractivity contribution < 1.29 is 36.2 Å². The van der Waals surface area contributed by atoms with Crippen LogP contribution < -0.4 is 0 Å². The first-order valence-electron chi connectivity index (χ1n) is 6.15. The third-order valence-corrected chi connectivity index (χ3v) is 3.33. The predicted molar refractivity (Wildman–Crippen MR) is 60.5 cm³/mol. The molecule has 2 nitrogen and oxygen atoms in total. The van der Waals surface area contributed by atoms with Gasteiger partial charge in [0.15, 0.2) is 0 Å². The monoisotopic (exact) mass is 314 g/mol. The predicted octanol–water partition coefficient (Wildman–Crippen LogP) is 3.54. The minimum Gasteiger partial charge on any atom is -0.386 e. The number of aliphatic hydroxyl groups is 1. The van der Waals surface area contributed by atoms with Crippen molar-refractivity contribution in [1.29, 1.82) is 0 Å². The Bertz CT molecular complexity index is 482. The van der Waals surface area contributed by atoms with Crippen LogP contribution in [0.2, 0.25) is 0 Å². The van der Waals surface area contributed by atoms with Gasteiger partial charge in [0.1, 0.15) is 6.10 Å². The molecule has 2 unspecified atom stereocenters. The molecule has 1 aromatic rings. The maximum atomic E-state index is 12.5. The average Bonchev–Trinajstić information content (AvgIpc) is 2.35. The van der Waals surface area contributed by atoms with Gasteiger partial charge in [-0.3, -0.25) is 0 Å². The third-order valence-electron chi connectivity index (χ3n) is 3.33. The molecule has 1 aliphatic rings. The zero-order valence-corrected chi connectivity index (χ0v) is 10.6. The highest BCUT2D eigenvalue weighted by Gasteiger charge is 2.59. The molecule has 0 heterocycles. The van der Waals surface area contributed by atoms with Gasteiger partial charge in [-0.2, -0.15) is 26.3 Å². The summed E-state index contributed by atoms with van der Waals surface area (Å²) >= 11 is 0. The van der Waals surface area contributed by atoms with Gasteiger partial charge < -0.3 is 9.84 Å². The second kappa shape index (κ2) is 5.49. The van der Waals surface area contributed by atoms with Gasteiger partial charge in [-0.15, -0.1) is 0 Å². The molecule has 8 heteroatoms. The van der Waals surface area contributed by atoms with Gasteiger partial charge >= 0.3 is 12.4 Å². The van der Waals surface area contributed by atoms with Gasteiger partial charge in [0.05, 0.1) is 6.10 Å². The van der Waals surface area contributed by atoms with E-state index in [9.17, 15) is 31.4 Å². The van der Waals surface area contributed by atoms with E-state index in [0.29, 0.717) is 11.1 Å². The van der Waals surface area contributed by atoms with E-state index in [0.717, 1.165) is 0 Å². The number of ether oxygens (including phenoxy) is 1. The number of benzene rings is 1. The zero-order valence-electron chi connectivity index (χ0n) is 10.6. The Balaban J connectivity index is 2.20. The minimum absolute atomic E-state index is 0.110. The van der Waals surface area contributed by atoms with Crippen LogP contribution in [0, 0.1) is 0 Å². The van der Waals surface area contributed by atoms with Crippen LogP contribution >= 0.6 is 0 Å². The molecule has 0 saturated carbocycles. The smallest absolute Gasteiger partial charge is 0.386 e. The molecule has 118 valence electrons. The number of fused-ring (bicyclic) bond motifs is 1. The van der Waals surface area contributed by atoms with E-state index in [4.69, 9.17) is 0 Å². The van der Waals surface area contributed by atoms with Gasteiger partial charge in [-0.05, 0) is 24.0 Å². The van der Waals surface area contributed by atoms with Crippen LogP contribution in [0.15, 0.2) is 24.3 Å². The van der Waals surface area contributed by atoms with Crippen LogP contribution in [-0.4, -0.2) is 29.7 Å². The van der Waals surface area contributed by atoms with Crippen LogP contribution in [0.3, 0.4) is 0 Å². The molecule has 1 N–H and O–H groups in total. The topological polar surface area (TPSA) is 29.5 Å². The minimum atomic E-state index is -5.57. The molecule has 0 radical (unpaired) electrons. The van der Waals surface area contributed by atoms with Crippen molar-refractivity contribution in [2.45, 2.75) is 43.5 Å². The summed E-state index contributed by atoms with van der Waals surface area (Å²) in [6, 6.07) is 6.36. The van der Waals surface area contributed by atoms with Crippen LogP contribution in [-0.2, 0) is 11.2 Å². The van der Waals surface area contributed by atoms with E-state index < -0.39 is 30.7 Å². The summed E-state index contributed by atoms with van der Waals surface area (Å²) in [5, 5.41) is 9.94. The number of halogens is 6. The van der Waals surface area contributed by atoms with Crippen molar-refractivity contribution in [3.8, 4) is 0 Å². The molecule has 0 aliphatic heterocycles. The van der Waals surface area contributed by atoms with Crippen molar-refractivity contribution in [1.82, 2.24) is 0 Å². The fourth-order valence-electron chi connectivity index (χ4n) is 2.36. The van der Waals surface area contributed by atoms with Crippen molar-refractivity contribution in [3.63, 3.8) is 0 Å². The number of aliphatic hydroxyl groups excluding tert-OH is 1. The van der Waals surface area contributed by atoms with Gasteiger partial charge in [0, 0.05) is 0 Å². The molecule has 0 bridgehead atoms. The highest BCUT2D eigenvalue weighted by Crippen LogP contribution is 2.40. The maximum absolute atomic E-state index is 12.5.